The number of nitrogens with zero attached hydrogens (tertiary/aromatic N) is 4. The average Bonchev–Trinajstić information content (AvgIpc) is 2.84. The van der Waals surface area contributed by atoms with Gasteiger partial charge in [-0.3, -0.25) is 9.78 Å². The van der Waals surface area contributed by atoms with Gasteiger partial charge in [-0.2, -0.15) is 10.2 Å². The maximum Gasteiger partial charge on any atom is 0.183 e. The molecular weight excluding hydrogens is 212 g/mol. The highest BCUT2D eigenvalue weighted by atomic mass is 32.2. The first-order valence-electron chi connectivity index (χ1n) is 4.62. The van der Waals surface area contributed by atoms with Gasteiger partial charge in [0.15, 0.2) is 5.16 Å². The molecular formula is C8H12N6S. The monoisotopic (exact) mass is 224 g/mol. The first-order valence-corrected chi connectivity index (χ1v) is 5.60. The quantitative estimate of drug-likeness (QED) is 0.578. The summed E-state index contributed by atoms with van der Waals surface area (Å²) in [5, 5.41) is 11.5. The fraction of sp³-hybridized carbons (Fsp3) is 0.375. The van der Waals surface area contributed by atoms with Gasteiger partial charge in [-0.15, -0.1) is 0 Å². The second-order valence-electron chi connectivity index (χ2n) is 3.00. The lowest BCUT2D eigenvalue weighted by Crippen LogP contribution is -2.00. The van der Waals surface area contributed by atoms with E-state index in [0.29, 0.717) is 5.82 Å². The Hall–Kier alpha value is -1.50. The zero-order valence-electron chi connectivity index (χ0n) is 8.13. The molecule has 0 saturated heterocycles. The van der Waals surface area contributed by atoms with Gasteiger partial charge in [0.05, 0.1) is 0 Å². The van der Waals surface area contributed by atoms with Crippen molar-refractivity contribution in [3.63, 3.8) is 0 Å². The van der Waals surface area contributed by atoms with Crippen LogP contribution in [0.25, 0.3) is 0 Å². The third-order valence-electron chi connectivity index (χ3n) is 1.82. The van der Waals surface area contributed by atoms with Gasteiger partial charge in [-0.25, -0.2) is 4.98 Å². The van der Waals surface area contributed by atoms with Crippen molar-refractivity contribution in [1.29, 1.82) is 0 Å². The number of aromatic amines is 1. The molecule has 0 fully saturated rings. The zero-order valence-corrected chi connectivity index (χ0v) is 8.94. The number of thioether (sulfide) groups is 1. The lowest BCUT2D eigenvalue weighted by molar-refractivity contribution is 0.608. The van der Waals surface area contributed by atoms with Crippen LogP contribution in [-0.4, -0.2) is 30.7 Å². The maximum atomic E-state index is 5.50. The summed E-state index contributed by atoms with van der Waals surface area (Å²) in [6.45, 7) is 0.873. The van der Waals surface area contributed by atoms with Crippen LogP contribution in [-0.2, 0) is 6.54 Å². The molecule has 80 valence electrons. The molecule has 6 nitrogen and oxygen atoms in total. The number of nitrogens with two attached hydrogens (primary N) is 1. The van der Waals surface area contributed by atoms with E-state index in [9.17, 15) is 0 Å². The van der Waals surface area contributed by atoms with Gasteiger partial charge in [0, 0.05) is 18.5 Å². The van der Waals surface area contributed by atoms with Crippen molar-refractivity contribution < 1.29 is 0 Å². The molecule has 0 spiro atoms. The number of nitrogens with one attached hydrogen (secondary N) is 1. The number of anilines is 1. The van der Waals surface area contributed by atoms with Crippen LogP contribution in [0.5, 0.6) is 0 Å². The molecule has 3 N–H and O–H groups in total. The minimum absolute atomic E-state index is 0.567. The topological polar surface area (TPSA) is 85.4 Å². The molecule has 2 aromatic rings. The summed E-state index contributed by atoms with van der Waals surface area (Å²) in [7, 11) is 0. The summed E-state index contributed by atoms with van der Waals surface area (Å²) in [6.07, 6.45) is 4.41. The second-order valence-corrected chi connectivity index (χ2v) is 4.08. The number of hydrogen-bond donors (Lipinski definition) is 2. The first kappa shape index (κ1) is 10.0. The van der Waals surface area contributed by atoms with Crippen LogP contribution in [0.2, 0.25) is 0 Å². The van der Waals surface area contributed by atoms with Crippen molar-refractivity contribution in [1.82, 2.24) is 25.0 Å². The molecule has 2 rings (SSSR count). The van der Waals surface area contributed by atoms with Gasteiger partial charge in [-0.1, -0.05) is 11.8 Å². The summed E-state index contributed by atoms with van der Waals surface area (Å²) >= 11 is 1.65. The minimum atomic E-state index is 0.567. The van der Waals surface area contributed by atoms with Crippen LogP contribution in [0.4, 0.5) is 5.82 Å². The smallest absolute Gasteiger partial charge is 0.183 e. The van der Waals surface area contributed by atoms with Crippen molar-refractivity contribution in [2.45, 2.75) is 18.1 Å². The van der Waals surface area contributed by atoms with Crippen LogP contribution in [0.15, 0.2) is 23.7 Å². The van der Waals surface area contributed by atoms with E-state index in [2.05, 4.69) is 20.3 Å². The molecule has 7 heteroatoms. The summed E-state index contributed by atoms with van der Waals surface area (Å²) in [6, 6.07) is 1.80. The molecule has 0 aromatic carbocycles. The highest BCUT2D eigenvalue weighted by Crippen LogP contribution is 2.12. The lowest BCUT2D eigenvalue weighted by atomic mass is 10.5. The van der Waals surface area contributed by atoms with Crippen LogP contribution in [0.1, 0.15) is 6.42 Å². The highest BCUT2D eigenvalue weighted by Gasteiger charge is 1.97. The Morgan fingerprint density at radius 2 is 2.47 bits per heavy atom. The average molecular weight is 224 g/mol. The van der Waals surface area contributed by atoms with Gasteiger partial charge in [0.1, 0.15) is 12.1 Å². The van der Waals surface area contributed by atoms with E-state index in [-0.39, 0.29) is 0 Å². The molecule has 0 saturated carbocycles. The standard InChI is InChI=1S/C8H12N6S/c9-7-2-4-14(13-7)3-1-5-15-8-10-6-11-12-8/h2,4,6H,1,3,5H2,(H2,9,13)(H,10,11,12). The Kier molecular flexibility index (Phi) is 3.23. The van der Waals surface area contributed by atoms with Gasteiger partial charge in [0.2, 0.25) is 0 Å². The molecule has 0 bridgehead atoms. The molecule has 0 atom stereocenters. The fourth-order valence-electron chi connectivity index (χ4n) is 1.16. The van der Waals surface area contributed by atoms with E-state index in [1.807, 2.05) is 10.9 Å². The Balaban J connectivity index is 1.67. The second kappa shape index (κ2) is 4.83. The van der Waals surface area contributed by atoms with Gasteiger partial charge < -0.3 is 5.73 Å². The molecule has 2 aromatic heterocycles. The van der Waals surface area contributed by atoms with E-state index >= 15 is 0 Å². The third kappa shape index (κ3) is 2.98. The predicted molar refractivity (Wildman–Crippen MR) is 58.4 cm³/mol. The number of rotatable bonds is 5. The summed E-state index contributed by atoms with van der Waals surface area (Å²) in [4.78, 5) is 4.02. The first-order chi connectivity index (χ1) is 7.34. The molecule has 15 heavy (non-hydrogen) atoms. The minimum Gasteiger partial charge on any atom is -0.382 e. The molecule has 2 heterocycles. The van der Waals surface area contributed by atoms with E-state index in [1.54, 1.807) is 17.8 Å². The van der Waals surface area contributed by atoms with Crippen LogP contribution in [0, 0.1) is 0 Å². The number of nitrogen functional groups attached to an aromatic ring is 1. The predicted octanol–water partition coefficient (Wildman–Crippen LogP) is 0.766. The molecule has 0 amide bonds. The van der Waals surface area contributed by atoms with Crippen LogP contribution in [0.3, 0.4) is 0 Å². The van der Waals surface area contributed by atoms with E-state index in [4.69, 9.17) is 5.73 Å². The number of aromatic nitrogens is 5. The largest absolute Gasteiger partial charge is 0.382 e. The molecule has 0 aliphatic rings. The summed E-state index contributed by atoms with van der Waals surface area (Å²) in [5.41, 5.74) is 5.50. The molecule has 0 aliphatic heterocycles. The lowest BCUT2D eigenvalue weighted by Gasteiger charge is -1.99. The van der Waals surface area contributed by atoms with Crippen molar-refractivity contribution in [3.05, 3.63) is 18.6 Å². The van der Waals surface area contributed by atoms with E-state index < -0.39 is 0 Å². The van der Waals surface area contributed by atoms with Crippen molar-refractivity contribution in [3.8, 4) is 0 Å². The Labute approximate surface area is 91.3 Å². The number of H-pyrrole nitrogens is 1. The van der Waals surface area contributed by atoms with E-state index in [0.717, 1.165) is 23.9 Å². The SMILES string of the molecule is Nc1ccn(CCCSc2ncn[nH]2)n1. The third-order valence-corrected chi connectivity index (χ3v) is 2.79. The van der Waals surface area contributed by atoms with Gasteiger partial charge in [0.25, 0.3) is 0 Å². The molecule has 0 unspecified atom stereocenters. The fourth-order valence-corrected chi connectivity index (χ4v) is 1.87. The van der Waals surface area contributed by atoms with Gasteiger partial charge >= 0.3 is 0 Å². The molecule has 0 radical (unpaired) electrons. The van der Waals surface area contributed by atoms with E-state index in [1.165, 1.54) is 6.33 Å². The van der Waals surface area contributed by atoms with Crippen LogP contribution < -0.4 is 5.73 Å². The van der Waals surface area contributed by atoms with Crippen molar-refractivity contribution in [2.24, 2.45) is 0 Å². The maximum absolute atomic E-state index is 5.50. The number of aryl methyl sites for hydroxylation is 1. The Bertz CT molecular complexity index is 395. The highest BCUT2D eigenvalue weighted by molar-refractivity contribution is 7.99. The van der Waals surface area contributed by atoms with Crippen molar-refractivity contribution >= 4 is 17.6 Å². The van der Waals surface area contributed by atoms with Crippen molar-refractivity contribution in [2.75, 3.05) is 11.5 Å². The summed E-state index contributed by atoms with van der Waals surface area (Å²) in [5.74, 6) is 1.55. The number of hydrogen-bond acceptors (Lipinski definition) is 5. The molecule has 0 aliphatic carbocycles. The summed E-state index contributed by atoms with van der Waals surface area (Å²) < 4.78 is 1.84. The van der Waals surface area contributed by atoms with Crippen LogP contribution >= 0.6 is 11.8 Å². The Morgan fingerprint density at radius 1 is 1.53 bits per heavy atom. The zero-order chi connectivity index (χ0) is 10.5. The normalized spacial score (nSPS) is 10.7. The van der Waals surface area contributed by atoms with Gasteiger partial charge in [-0.05, 0) is 12.5 Å². The Morgan fingerprint density at radius 3 is 3.13 bits per heavy atom.